The minimum absolute atomic E-state index is 0.148. The highest BCUT2D eigenvalue weighted by atomic mass is 32.2. The quantitative estimate of drug-likeness (QED) is 0.651. The molecule has 1 atom stereocenters. The number of carbonyl (C=O) groups excluding carboxylic acids is 2. The van der Waals surface area contributed by atoms with Gasteiger partial charge in [0, 0.05) is 11.3 Å². The third kappa shape index (κ3) is 5.07. The molecule has 2 amide bonds. The summed E-state index contributed by atoms with van der Waals surface area (Å²) >= 11 is 2.84. The van der Waals surface area contributed by atoms with Crippen LogP contribution >= 0.6 is 23.1 Å². The Labute approximate surface area is 160 Å². The number of thiophene rings is 1. The van der Waals surface area contributed by atoms with Crippen LogP contribution in [0.1, 0.15) is 43.5 Å². The van der Waals surface area contributed by atoms with Gasteiger partial charge in [0.1, 0.15) is 10.7 Å². The van der Waals surface area contributed by atoms with Crippen molar-refractivity contribution in [2.24, 2.45) is 5.92 Å². The van der Waals surface area contributed by atoms with Gasteiger partial charge in [-0.25, -0.2) is 4.98 Å². The van der Waals surface area contributed by atoms with E-state index in [0.29, 0.717) is 23.4 Å². The minimum atomic E-state index is -0.401. The van der Waals surface area contributed by atoms with Crippen LogP contribution in [0.5, 0.6) is 0 Å². The van der Waals surface area contributed by atoms with E-state index in [2.05, 4.69) is 20.8 Å². The van der Waals surface area contributed by atoms with E-state index >= 15 is 0 Å². The molecule has 2 aromatic rings. The van der Waals surface area contributed by atoms with E-state index in [9.17, 15) is 14.4 Å². The number of carbonyl (C=O) groups is 2. The zero-order chi connectivity index (χ0) is 19.4. The number of aromatic nitrogens is 2. The van der Waals surface area contributed by atoms with Gasteiger partial charge in [0.15, 0.2) is 0 Å². The summed E-state index contributed by atoms with van der Waals surface area (Å²) in [6.07, 6.45) is 0.354. The number of amides is 2. The number of nitrogens with one attached hydrogen (secondary N) is 3. The van der Waals surface area contributed by atoms with Gasteiger partial charge in [0.05, 0.1) is 16.4 Å². The summed E-state index contributed by atoms with van der Waals surface area (Å²) in [6.45, 7) is 9.49. The molecule has 26 heavy (non-hydrogen) atoms. The van der Waals surface area contributed by atoms with E-state index in [1.165, 1.54) is 23.1 Å². The Morgan fingerprint density at radius 1 is 1.23 bits per heavy atom. The number of H-pyrrole nitrogens is 1. The first-order chi connectivity index (χ1) is 12.2. The van der Waals surface area contributed by atoms with Crippen LogP contribution in [0, 0.1) is 19.8 Å². The molecule has 142 valence electrons. The molecule has 0 radical (unpaired) electrons. The maximum atomic E-state index is 12.3. The molecular formula is C17H24N4O3S2. The number of fused-ring (bicyclic) bond motifs is 1. The van der Waals surface area contributed by atoms with Crippen molar-refractivity contribution in [2.75, 3.05) is 0 Å². The van der Waals surface area contributed by atoms with Crippen LogP contribution in [-0.4, -0.2) is 27.0 Å². The van der Waals surface area contributed by atoms with Crippen LogP contribution in [0.4, 0.5) is 0 Å². The number of aromatic amines is 1. The zero-order valence-corrected chi connectivity index (χ0v) is 17.2. The highest BCUT2D eigenvalue weighted by molar-refractivity contribution is 7.99. The number of hydrazine groups is 1. The number of hydrogen-bond acceptors (Lipinski definition) is 6. The lowest BCUT2D eigenvalue weighted by Gasteiger charge is -2.13. The molecule has 2 rings (SSSR count). The molecule has 0 aromatic carbocycles. The van der Waals surface area contributed by atoms with Crippen LogP contribution in [0.3, 0.4) is 0 Å². The van der Waals surface area contributed by atoms with Gasteiger partial charge in [-0.05, 0) is 32.3 Å². The predicted molar refractivity (Wildman–Crippen MR) is 106 cm³/mol. The van der Waals surface area contributed by atoms with Crippen molar-refractivity contribution < 1.29 is 9.59 Å². The molecule has 0 aliphatic carbocycles. The molecule has 0 bridgehead atoms. The van der Waals surface area contributed by atoms with Gasteiger partial charge in [-0.3, -0.25) is 25.2 Å². The first-order valence-corrected chi connectivity index (χ1v) is 10.2. The van der Waals surface area contributed by atoms with Gasteiger partial charge >= 0.3 is 0 Å². The number of hydrogen-bond donors (Lipinski definition) is 3. The van der Waals surface area contributed by atoms with Crippen LogP contribution < -0.4 is 16.4 Å². The number of aryl methyl sites for hydroxylation is 2. The molecule has 0 saturated heterocycles. The van der Waals surface area contributed by atoms with E-state index in [0.717, 1.165) is 15.3 Å². The molecule has 0 aliphatic rings. The Morgan fingerprint density at radius 2 is 1.92 bits per heavy atom. The summed E-state index contributed by atoms with van der Waals surface area (Å²) in [6, 6.07) is 0. The second-order valence-corrected chi connectivity index (χ2v) is 9.10. The fourth-order valence-electron chi connectivity index (χ4n) is 2.30. The summed E-state index contributed by atoms with van der Waals surface area (Å²) in [4.78, 5) is 44.9. The third-order valence-corrected chi connectivity index (χ3v) is 6.10. The van der Waals surface area contributed by atoms with Gasteiger partial charge in [0.25, 0.3) is 11.5 Å². The average Bonchev–Trinajstić information content (AvgIpc) is 2.84. The fraction of sp³-hybridized carbons (Fsp3) is 0.529. The van der Waals surface area contributed by atoms with Gasteiger partial charge in [-0.1, -0.05) is 13.8 Å². The summed E-state index contributed by atoms with van der Waals surface area (Å²) in [5.74, 6) is 0.650. The van der Waals surface area contributed by atoms with Crippen molar-refractivity contribution in [3.05, 3.63) is 26.6 Å². The summed E-state index contributed by atoms with van der Waals surface area (Å²) in [5.41, 5.74) is 5.65. The normalized spacial score (nSPS) is 12.4. The lowest BCUT2D eigenvalue weighted by molar-refractivity contribution is -0.128. The van der Waals surface area contributed by atoms with Crippen LogP contribution in [0.25, 0.3) is 10.2 Å². The van der Waals surface area contributed by atoms with Crippen molar-refractivity contribution in [1.82, 2.24) is 20.8 Å². The lowest BCUT2D eigenvalue weighted by atomic mass is 10.1. The summed E-state index contributed by atoms with van der Waals surface area (Å²) in [5, 5.41) is 0.238. The summed E-state index contributed by atoms with van der Waals surface area (Å²) in [7, 11) is 0. The molecule has 2 aromatic heterocycles. The van der Waals surface area contributed by atoms with E-state index in [-0.39, 0.29) is 23.3 Å². The van der Waals surface area contributed by atoms with E-state index < -0.39 is 5.25 Å². The van der Waals surface area contributed by atoms with Gasteiger partial charge < -0.3 is 4.98 Å². The van der Waals surface area contributed by atoms with E-state index in [1.807, 2.05) is 27.7 Å². The number of thioether (sulfide) groups is 1. The van der Waals surface area contributed by atoms with E-state index in [4.69, 9.17) is 0 Å². The molecule has 1 unspecified atom stereocenters. The van der Waals surface area contributed by atoms with Gasteiger partial charge in [0.2, 0.25) is 5.91 Å². The number of nitrogens with zero attached hydrogens (tertiary/aromatic N) is 1. The average molecular weight is 397 g/mol. The Kier molecular flexibility index (Phi) is 6.82. The molecule has 2 heterocycles. The third-order valence-electron chi connectivity index (χ3n) is 3.85. The largest absolute Gasteiger partial charge is 0.309 e. The SMILES string of the molecule is Cc1sc2nc(CSC(C)C(=O)NNC(=O)CC(C)C)[nH]c(=O)c2c1C. The highest BCUT2D eigenvalue weighted by Gasteiger charge is 2.17. The summed E-state index contributed by atoms with van der Waals surface area (Å²) < 4.78 is 0. The molecule has 7 nitrogen and oxygen atoms in total. The predicted octanol–water partition coefficient (Wildman–Crippen LogP) is 2.42. The smallest absolute Gasteiger partial charge is 0.259 e. The molecule has 0 fully saturated rings. The Morgan fingerprint density at radius 3 is 2.58 bits per heavy atom. The standard InChI is InChI=1S/C17H24N4O3S2/c1-8(2)6-13(22)20-21-15(23)11(5)25-7-12-18-16(24)14-9(3)10(4)26-17(14)19-12/h8,11H,6-7H2,1-5H3,(H,20,22)(H,21,23)(H,18,19,24). The lowest BCUT2D eigenvalue weighted by Crippen LogP contribution is -2.45. The monoisotopic (exact) mass is 396 g/mol. The first kappa shape index (κ1) is 20.4. The van der Waals surface area contributed by atoms with Crippen molar-refractivity contribution in [1.29, 1.82) is 0 Å². The molecule has 0 spiro atoms. The Balaban J connectivity index is 1.93. The molecule has 0 saturated carbocycles. The maximum Gasteiger partial charge on any atom is 0.259 e. The Hall–Kier alpha value is -1.87. The highest BCUT2D eigenvalue weighted by Crippen LogP contribution is 2.26. The van der Waals surface area contributed by atoms with E-state index in [1.54, 1.807) is 6.92 Å². The van der Waals surface area contributed by atoms with Crippen molar-refractivity contribution >= 4 is 45.1 Å². The van der Waals surface area contributed by atoms with Crippen LogP contribution in [0.2, 0.25) is 0 Å². The first-order valence-electron chi connectivity index (χ1n) is 8.38. The second kappa shape index (κ2) is 8.68. The molecule has 0 aliphatic heterocycles. The van der Waals surface area contributed by atoms with Crippen molar-refractivity contribution in [3.8, 4) is 0 Å². The minimum Gasteiger partial charge on any atom is -0.309 e. The maximum absolute atomic E-state index is 12.3. The van der Waals surface area contributed by atoms with Crippen LogP contribution in [-0.2, 0) is 15.3 Å². The Bertz CT molecular complexity index is 873. The van der Waals surface area contributed by atoms with Crippen molar-refractivity contribution in [3.63, 3.8) is 0 Å². The van der Waals surface area contributed by atoms with Gasteiger partial charge in [-0.15, -0.1) is 23.1 Å². The molecular weight excluding hydrogens is 372 g/mol. The van der Waals surface area contributed by atoms with Crippen molar-refractivity contribution in [2.45, 2.75) is 52.0 Å². The molecule has 3 N–H and O–H groups in total. The zero-order valence-electron chi connectivity index (χ0n) is 15.6. The second-order valence-electron chi connectivity index (χ2n) is 6.56. The van der Waals surface area contributed by atoms with Gasteiger partial charge in [-0.2, -0.15) is 0 Å². The fourth-order valence-corrected chi connectivity index (χ4v) is 4.11. The number of rotatable bonds is 6. The topological polar surface area (TPSA) is 104 Å². The van der Waals surface area contributed by atoms with Crippen LogP contribution in [0.15, 0.2) is 4.79 Å². The molecule has 9 heteroatoms.